The summed E-state index contributed by atoms with van der Waals surface area (Å²) in [6.07, 6.45) is 9.75. The second-order valence-corrected chi connectivity index (χ2v) is 11.5. The van der Waals surface area contributed by atoms with Crippen molar-refractivity contribution in [1.29, 1.82) is 0 Å². The topological polar surface area (TPSA) is 29.1 Å². The predicted molar refractivity (Wildman–Crippen MR) is 181 cm³/mol. The first-order chi connectivity index (χ1) is 20.5. The van der Waals surface area contributed by atoms with Gasteiger partial charge in [0.15, 0.2) is 5.78 Å². The number of carbonyl (C=O) groups is 1. The number of hydrogen-bond donors (Lipinski definition) is 1. The van der Waals surface area contributed by atoms with Gasteiger partial charge in [0.05, 0.1) is 0 Å². The molecule has 0 amide bonds. The molecule has 2 unspecified atom stereocenters. The van der Waals surface area contributed by atoms with E-state index in [1.54, 1.807) is 26.0 Å². The minimum Gasteiger partial charge on any atom is -0.320 e. The van der Waals surface area contributed by atoms with E-state index in [1.807, 2.05) is 45.2 Å². The molecule has 0 spiro atoms. The lowest BCUT2D eigenvalue weighted by atomic mass is 9.80. The van der Waals surface area contributed by atoms with Gasteiger partial charge in [-0.15, -0.1) is 0 Å². The van der Waals surface area contributed by atoms with Gasteiger partial charge in [0.1, 0.15) is 5.82 Å². The normalized spacial score (nSPS) is 15.7. The molecule has 1 aliphatic carbocycles. The molecule has 1 N–H and O–H groups in total. The summed E-state index contributed by atoms with van der Waals surface area (Å²) in [5, 5.41) is 3.13. The van der Waals surface area contributed by atoms with E-state index in [2.05, 4.69) is 44.0 Å². The van der Waals surface area contributed by atoms with Crippen molar-refractivity contribution in [2.75, 3.05) is 13.6 Å². The molecule has 0 fully saturated rings. The first-order valence-corrected chi connectivity index (χ1v) is 15.5. The zero-order valence-corrected chi connectivity index (χ0v) is 27.1. The van der Waals surface area contributed by atoms with Crippen molar-refractivity contribution in [3.05, 3.63) is 112 Å². The molecule has 0 heterocycles. The number of allylic oxidation sites excluding steroid dienone is 7. The van der Waals surface area contributed by atoms with Crippen LogP contribution in [-0.2, 0) is 19.3 Å². The summed E-state index contributed by atoms with van der Waals surface area (Å²) in [7, 11) is 2.00. The summed E-state index contributed by atoms with van der Waals surface area (Å²) < 4.78 is 40.8. The van der Waals surface area contributed by atoms with Gasteiger partial charge in [-0.1, -0.05) is 88.4 Å². The smallest absolute Gasteiger partial charge is 0.242 e. The van der Waals surface area contributed by atoms with Crippen molar-refractivity contribution in [1.82, 2.24) is 5.32 Å². The number of carbonyl (C=O) groups excluding carboxylic acids is 1. The van der Waals surface area contributed by atoms with Gasteiger partial charge in [-0.05, 0) is 105 Å². The summed E-state index contributed by atoms with van der Waals surface area (Å²) in [6, 6.07) is 9.21. The summed E-state index contributed by atoms with van der Waals surface area (Å²) in [6.45, 7) is 17.1. The Bertz CT molecular complexity index is 1350. The quantitative estimate of drug-likeness (QED) is 0.233. The molecule has 2 atom stereocenters. The largest absolute Gasteiger partial charge is 0.320 e. The summed E-state index contributed by atoms with van der Waals surface area (Å²) in [5.41, 5.74) is 6.91. The summed E-state index contributed by atoms with van der Waals surface area (Å²) >= 11 is 0. The standard InChI is InChI=1S/C31H33F3O.C7H17N.2H2/c1-6-23-15-22(11-13-28(23)21(5)35)16-25-9-8-10-26(19(25)3)17-24(7-2)29-14-12-27(18-30(32)33)20(4)31(29)34;1-4-7(2)5-6-8-3;;/h7-15,26,30H,3,6,16-18H2,1-2,4-5H3;7-8H,4-6H2,1-3H3;2*1H/b24-7+;;;. The Hall–Kier alpha value is -3.18. The average Bonchev–Trinajstić information content (AvgIpc) is 2.99. The molecular weight excluding hydrogens is 543 g/mol. The molecular formula is C38H54F3NO. The maximum atomic E-state index is 15.2. The van der Waals surface area contributed by atoms with E-state index >= 15 is 4.39 Å². The number of benzene rings is 2. The number of aryl methyl sites for hydroxylation is 1. The van der Waals surface area contributed by atoms with Crippen LogP contribution in [0.2, 0.25) is 0 Å². The lowest BCUT2D eigenvalue weighted by Gasteiger charge is -2.24. The number of Topliss-reactive ketones (excluding diaryl/α,β-unsaturated/α-hetero) is 1. The monoisotopic (exact) mass is 597 g/mol. The highest BCUT2D eigenvalue weighted by molar-refractivity contribution is 5.95. The van der Waals surface area contributed by atoms with Gasteiger partial charge >= 0.3 is 0 Å². The minimum atomic E-state index is -2.51. The van der Waals surface area contributed by atoms with Gasteiger partial charge in [-0.2, -0.15) is 0 Å². The molecule has 5 heteroatoms. The first-order valence-electron chi connectivity index (χ1n) is 15.5. The van der Waals surface area contributed by atoms with Crippen LogP contribution in [0.3, 0.4) is 0 Å². The second kappa shape index (κ2) is 17.8. The van der Waals surface area contributed by atoms with E-state index < -0.39 is 18.7 Å². The molecule has 2 aromatic rings. The van der Waals surface area contributed by atoms with Crippen LogP contribution in [0.1, 0.15) is 94.9 Å². The third kappa shape index (κ3) is 10.5. The molecule has 0 aliphatic heterocycles. The zero-order valence-electron chi connectivity index (χ0n) is 27.1. The van der Waals surface area contributed by atoms with Crippen LogP contribution in [0.4, 0.5) is 13.2 Å². The van der Waals surface area contributed by atoms with Crippen LogP contribution in [0.15, 0.2) is 72.4 Å². The maximum Gasteiger partial charge on any atom is 0.242 e. The molecule has 3 rings (SSSR count). The summed E-state index contributed by atoms with van der Waals surface area (Å²) in [4.78, 5) is 11.9. The van der Waals surface area contributed by atoms with E-state index in [1.165, 1.54) is 12.8 Å². The highest BCUT2D eigenvalue weighted by atomic mass is 19.3. The van der Waals surface area contributed by atoms with Crippen LogP contribution in [0.25, 0.3) is 5.57 Å². The number of ketones is 1. The number of hydrogen-bond acceptors (Lipinski definition) is 2. The van der Waals surface area contributed by atoms with Crippen molar-refractivity contribution in [2.45, 2.75) is 86.5 Å². The van der Waals surface area contributed by atoms with Crippen molar-refractivity contribution < 1.29 is 20.8 Å². The lowest BCUT2D eigenvalue weighted by molar-refractivity contribution is 0.101. The molecule has 1 aliphatic rings. The van der Waals surface area contributed by atoms with Crippen molar-refractivity contribution in [3.8, 4) is 0 Å². The van der Waals surface area contributed by atoms with Gasteiger partial charge in [-0.3, -0.25) is 4.79 Å². The fourth-order valence-corrected chi connectivity index (χ4v) is 5.32. The third-order valence-corrected chi connectivity index (χ3v) is 8.42. The Morgan fingerprint density at radius 3 is 2.42 bits per heavy atom. The Morgan fingerprint density at radius 2 is 1.84 bits per heavy atom. The van der Waals surface area contributed by atoms with Crippen molar-refractivity contribution in [2.24, 2.45) is 11.8 Å². The van der Waals surface area contributed by atoms with Crippen LogP contribution in [-0.4, -0.2) is 25.8 Å². The van der Waals surface area contributed by atoms with Gasteiger partial charge in [0, 0.05) is 26.3 Å². The van der Waals surface area contributed by atoms with E-state index in [4.69, 9.17) is 0 Å². The van der Waals surface area contributed by atoms with Crippen LogP contribution < -0.4 is 5.32 Å². The highest BCUT2D eigenvalue weighted by Crippen LogP contribution is 2.36. The molecule has 43 heavy (non-hydrogen) atoms. The Kier molecular flexibility index (Phi) is 14.9. The van der Waals surface area contributed by atoms with Crippen LogP contribution in [0.5, 0.6) is 0 Å². The molecule has 0 saturated heterocycles. The maximum absolute atomic E-state index is 15.2. The van der Waals surface area contributed by atoms with Crippen molar-refractivity contribution >= 4 is 11.4 Å². The van der Waals surface area contributed by atoms with E-state index in [0.717, 1.165) is 52.3 Å². The molecule has 238 valence electrons. The molecule has 0 aromatic heterocycles. The number of alkyl halides is 2. The first kappa shape index (κ1) is 36.0. The second-order valence-electron chi connectivity index (χ2n) is 11.5. The van der Waals surface area contributed by atoms with E-state index in [0.29, 0.717) is 24.0 Å². The molecule has 0 radical (unpaired) electrons. The minimum absolute atomic E-state index is 0. The van der Waals surface area contributed by atoms with E-state index in [9.17, 15) is 13.6 Å². The highest BCUT2D eigenvalue weighted by Gasteiger charge is 2.22. The van der Waals surface area contributed by atoms with Crippen LogP contribution >= 0.6 is 0 Å². The van der Waals surface area contributed by atoms with Gasteiger partial charge in [0.25, 0.3) is 0 Å². The zero-order chi connectivity index (χ0) is 32.1. The fraction of sp³-hybridized carbons (Fsp3) is 0.447. The van der Waals surface area contributed by atoms with Gasteiger partial charge in [0.2, 0.25) is 6.43 Å². The number of halogens is 3. The lowest BCUT2D eigenvalue weighted by Crippen LogP contribution is -2.10. The number of rotatable bonds is 13. The average molecular weight is 598 g/mol. The number of nitrogens with one attached hydrogen (secondary N) is 1. The van der Waals surface area contributed by atoms with Gasteiger partial charge in [-0.25, -0.2) is 13.2 Å². The Labute approximate surface area is 260 Å². The molecule has 2 nitrogen and oxygen atoms in total. The fourth-order valence-electron chi connectivity index (χ4n) is 5.32. The van der Waals surface area contributed by atoms with Crippen LogP contribution in [0, 0.1) is 24.6 Å². The molecule has 0 saturated carbocycles. The Balaban J connectivity index is 0.00000171. The third-order valence-electron chi connectivity index (χ3n) is 8.42. The van der Waals surface area contributed by atoms with E-state index in [-0.39, 0.29) is 20.1 Å². The molecule has 0 bridgehead atoms. The Morgan fingerprint density at radius 1 is 1.14 bits per heavy atom. The van der Waals surface area contributed by atoms with Gasteiger partial charge < -0.3 is 5.32 Å². The molecule has 2 aromatic carbocycles. The van der Waals surface area contributed by atoms with Crippen molar-refractivity contribution in [3.63, 3.8) is 0 Å². The summed E-state index contributed by atoms with van der Waals surface area (Å²) in [5.74, 6) is 0.530. The predicted octanol–water partition coefficient (Wildman–Crippen LogP) is 10.5. The SMILES string of the molecule is C=C1C(Cc2ccc(C(C)=O)c(CC)c2)=CC=CC1C/C(=C\C)c1ccc(CC(F)F)c(C)c1F.CCC(C)CCNC.[HH].[HH].